The molecule has 1 aliphatic heterocycles. The van der Waals surface area contributed by atoms with Crippen LogP contribution in [0.1, 0.15) is 0 Å². The molecular formula is C23H22N6O4S. The molecule has 0 aliphatic carbocycles. The van der Waals surface area contributed by atoms with Gasteiger partial charge in [-0.25, -0.2) is 4.98 Å². The van der Waals surface area contributed by atoms with Crippen molar-refractivity contribution in [1.29, 1.82) is 0 Å². The van der Waals surface area contributed by atoms with E-state index >= 15 is 0 Å². The third-order valence-corrected chi connectivity index (χ3v) is 6.33. The van der Waals surface area contributed by atoms with Gasteiger partial charge in [-0.2, -0.15) is 0 Å². The summed E-state index contributed by atoms with van der Waals surface area (Å²) >= 11 is 1.41. The van der Waals surface area contributed by atoms with Crippen molar-refractivity contribution in [3.8, 4) is 17.1 Å². The highest BCUT2D eigenvalue weighted by molar-refractivity contribution is 7.99. The number of nitrogens with zero attached hydrogens (tertiary/aromatic N) is 6. The summed E-state index contributed by atoms with van der Waals surface area (Å²) in [4.78, 5) is 17.8. The van der Waals surface area contributed by atoms with Crippen molar-refractivity contribution in [2.24, 2.45) is 0 Å². The monoisotopic (exact) mass is 478 g/mol. The molecule has 174 valence electrons. The first-order chi connectivity index (χ1) is 16.7. The van der Waals surface area contributed by atoms with Crippen LogP contribution in [0.15, 0.2) is 70.8 Å². The lowest BCUT2D eigenvalue weighted by Crippen LogP contribution is -2.38. The molecule has 0 atom stereocenters. The number of rotatable bonds is 8. The molecule has 0 unspecified atom stereocenters. The van der Waals surface area contributed by atoms with Crippen molar-refractivity contribution < 1.29 is 14.4 Å². The van der Waals surface area contributed by atoms with Crippen LogP contribution >= 0.6 is 11.8 Å². The molecule has 0 saturated carbocycles. The topological polar surface area (TPSA) is 108 Å². The van der Waals surface area contributed by atoms with E-state index in [1.807, 2.05) is 47.0 Å². The Morgan fingerprint density at radius 2 is 2.00 bits per heavy atom. The zero-order chi connectivity index (χ0) is 23.3. The summed E-state index contributed by atoms with van der Waals surface area (Å²) in [5.41, 5.74) is 1.58. The van der Waals surface area contributed by atoms with Crippen molar-refractivity contribution in [1.82, 2.24) is 24.5 Å². The second-order valence-electron chi connectivity index (χ2n) is 7.66. The van der Waals surface area contributed by atoms with E-state index in [0.29, 0.717) is 17.5 Å². The predicted octanol–water partition coefficient (Wildman–Crippen LogP) is 3.56. The molecule has 34 heavy (non-hydrogen) atoms. The number of pyridine rings is 2. The fraction of sp³-hybridized carbons (Fsp3) is 0.261. The van der Waals surface area contributed by atoms with Crippen LogP contribution in [-0.2, 0) is 4.74 Å². The van der Waals surface area contributed by atoms with Gasteiger partial charge in [0.25, 0.3) is 5.69 Å². The van der Waals surface area contributed by atoms with Gasteiger partial charge in [-0.1, -0.05) is 23.9 Å². The van der Waals surface area contributed by atoms with Gasteiger partial charge in [-0.3, -0.25) is 19.4 Å². The van der Waals surface area contributed by atoms with Crippen LogP contribution in [0.2, 0.25) is 0 Å². The molecule has 0 radical (unpaired) electrons. The zero-order valence-electron chi connectivity index (χ0n) is 18.2. The normalized spacial score (nSPS) is 14.4. The molecule has 0 N–H and O–H groups in total. The maximum Gasteiger partial charge on any atom is 0.287 e. The Morgan fingerprint density at radius 3 is 2.79 bits per heavy atom. The molecule has 1 fully saturated rings. The van der Waals surface area contributed by atoms with Gasteiger partial charge in [0.1, 0.15) is 23.6 Å². The summed E-state index contributed by atoms with van der Waals surface area (Å²) in [7, 11) is 0. The van der Waals surface area contributed by atoms with Gasteiger partial charge >= 0.3 is 0 Å². The summed E-state index contributed by atoms with van der Waals surface area (Å²) in [6.07, 6.45) is 3.19. The van der Waals surface area contributed by atoms with E-state index in [0.717, 1.165) is 54.7 Å². The molecule has 3 aromatic heterocycles. The minimum atomic E-state index is -0.461. The van der Waals surface area contributed by atoms with Gasteiger partial charge in [0.15, 0.2) is 11.5 Å². The number of morpholine rings is 1. The Labute approximate surface area is 199 Å². The summed E-state index contributed by atoms with van der Waals surface area (Å²) in [6.45, 7) is 4.88. The molecule has 4 aromatic rings. The standard InChI is InChI=1S/C23H22N6O4S/c30-29(31)18-4-7-22(24-15-18)34-20-5-6-21-25-26-23(28(21)16-20)17-2-1-3-19(14-17)33-13-10-27-8-11-32-12-9-27/h1-7,14-16H,8-13H2. The third-order valence-electron chi connectivity index (χ3n) is 5.40. The summed E-state index contributed by atoms with van der Waals surface area (Å²) in [5.74, 6) is 1.48. The molecule has 1 saturated heterocycles. The Kier molecular flexibility index (Phi) is 6.65. The smallest absolute Gasteiger partial charge is 0.287 e. The highest BCUT2D eigenvalue weighted by atomic mass is 32.2. The van der Waals surface area contributed by atoms with E-state index < -0.39 is 4.92 Å². The van der Waals surface area contributed by atoms with Crippen LogP contribution in [0.3, 0.4) is 0 Å². The number of nitro groups is 1. The Balaban J connectivity index is 1.31. The number of aromatic nitrogens is 4. The Morgan fingerprint density at radius 1 is 1.12 bits per heavy atom. The highest BCUT2D eigenvalue weighted by Crippen LogP contribution is 2.29. The minimum absolute atomic E-state index is 0.0343. The fourth-order valence-electron chi connectivity index (χ4n) is 3.63. The maximum atomic E-state index is 10.8. The fourth-order valence-corrected chi connectivity index (χ4v) is 4.41. The van der Waals surface area contributed by atoms with Gasteiger partial charge in [0.05, 0.1) is 18.1 Å². The molecule has 10 nitrogen and oxygen atoms in total. The van der Waals surface area contributed by atoms with Gasteiger partial charge in [-0.05, 0) is 30.3 Å². The van der Waals surface area contributed by atoms with E-state index in [1.54, 1.807) is 6.07 Å². The van der Waals surface area contributed by atoms with Crippen molar-refractivity contribution in [3.63, 3.8) is 0 Å². The van der Waals surface area contributed by atoms with E-state index in [9.17, 15) is 10.1 Å². The number of hydrogen-bond donors (Lipinski definition) is 0. The van der Waals surface area contributed by atoms with Crippen molar-refractivity contribution in [2.45, 2.75) is 9.92 Å². The number of hydrogen-bond acceptors (Lipinski definition) is 9. The van der Waals surface area contributed by atoms with Crippen molar-refractivity contribution >= 4 is 23.1 Å². The van der Waals surface area contributed by atoms with Crippen LogP contribution in [0.5, 0.6) is 5.75 Å². The maximum absolute atomic E-state index is 10.8. The van der Waals surface area contributed by atoms with Gasteiger partial charge in [0.2, 0.25) is 0 Å². The van der Waals surface area contributed by atoms with Crippen LogP contribution in [-0.4, -0.2) is 68.9 Å². The van der Waals surface area contributed by atoms with Crippen LogP contribution < -0.4 is 4.74 Å². The molecule has 1 aromatic carbocycles. The van der Waals surface area contributed by atoms with E-state index in [-0.39, 0.29) is 5.69 Å². The first-order valence-electron chi connectivity index (χ1n) is 10.8. The lowest BCUT2D eigenvalue weighted by atomic mass is 10.2. The van der Waals surface area contributed by atoms with E-state index in [2.05, 4.69) is 20.1 Å². The largest absolute Gasteiger partial charge is 0.492 e. The van der Waals surface area contributed by atoms with Crippen LogP contribution in [0.4, 0.5) is 5.69 Å². The molecule has 0 amide bonds. The van der Waals surface area contributed by atoms with Gasteiger partial charge in [0, 0.05) is 42.4 Å². The summed E-state index contributed by atoms with van der Waals surface area (Å²) in [5, 5.41) is 20.2. The molecular weight excluding hydrogens is 456 g/mol. The second-order valence-corrected chi connectivity index (χ2v) is 8.75. The van der Waals surface area contributed by atoms with Gasteiger partial charge < -0.3 is 9.47 Å². The number of benzene rings is 1. The lowest BCUT2D eigenvalue weighted by Gasteiger charge is -2.26. The van der Waals surface area contributed by atoms with Crippen molar-refractivity contribution in [2.75, 3.05) is 39.5 Å². The molecule has 0 spiro atoms. The average Bonchev–Trinajstić information content (AvgIpc) is 3.29. The molecule has 11 heteroatoms. The van der Waals surface area contributed by atoms with Gasteiger partial charge in [-0.15, -0.1) is 10.2 Å². The first-order valence-corrected chi connectivity index (χ1v) is 11.6. The molecule has 0 bridgehead atoms. The lowest BCUT2D eigenvalue weighted by molar-refractivity contribution is -0.385. The quantitative estimate of drug-likeness (QED) is 0.277. The molecule has 5 rings (SSSR count). The van der Waals surface area contributed by atoms with Crippen LogP contribution in [0, 0.1) is 10.1 Å². The third kappa shape index (κ3) is 5.16. The van der Waals surface area contributed by atoms with E-state index in [4.69, 9.17) is 9.47 Å². The summed E-state index contributed by atoms with van der Waals surface area (Å²) in [6, 6.07) is 14.7. The Hall–Kier alpha value is -3.54. The van der Waals surface area contributed by atoms with Crippen molar-refractivity contribution in [3.05, 3.63) is 71.0 Å². The average molecular weight is 479 g/mol. The summed E-state index contributed by atoms with van der Waals surface area (Å²) < 4.78 is 13.3. The molecule has 1 aliphatic rings. The van der Waals surface area contributed by atoms with E-state index in [1.165, 1.54) is 24.0 Å². The SMILES string of the molecule is O=[N+]([O-])c1ccc(Sc2ccc3nnc(-c4cccc(OCCN5CCOCC5)c4)n3c2)nc1. The predicted molar refractivity (Wildman–Crippen MR) is 126 cm³/mol. The first kappa shape index (κ1) is 22.3. The number of fused-ring (bicyclic) bond motifs is 1. The molecule has 4 heterocycles. The number of ether oxygens (including phenoxy) is 2. The Bertz CT molecular complexity index is 1290. The van der Waals surface area contributed by atoms with Crippen LogP contribution in [0.25, 0.3) is 17.0 Å². The highest BCUT2D eigenvalue weighted by Gasteiger charge is 2.13. The minimum Gasteiger partial charge on any atom is -0.492 e. The zero-order valence-corrected chi connectivity index (χ0v) is 19.1. The second kappa shape index (κ2) is 10.2.